The van der Waals surface area contributed by atoms with Crippen LogP contribution in [0.4, 0.5) is 0 Å². The van der Waals surface area contributed by atoms with Gasteiger partial charge in [0.15, 0.2) is 11.6 Å². The SMILES string of the molecule is O=CCOCC1=CC(=O)c2ccccc2C1=O. The van der Waals surface area contributed by atoms with Gasteiger partial charge in [-0.05, 0) is 6.08 Å². The summed E-state index contributed by atoms with van der Waals surface area (Å²) < 4.78 is 4.95. The zero-order valence-electron chi connectivity index (χ0n) is 9.01. The highest BCUT2D eigenvalue weighted by molar-refractivity contribution is 6.24. The largest absolute Gasteiger partial charge is 0.369 e. The van der Waals surface area contributed by atoms with E-state index < -0.39 is 0 Å². The third-order valence-electron chi connectivity index (χ3n) is 2.48. The molecule has 1 aliphatic carbocycles. The molecule has 0 saturated carbocycles. The standard InChI is InChI=1S/C13H10O4/c14-5-6-17-8-9-7-12(15)10-3-1-2-4-11(10)13(9)16/h1-5,7H,6,8H2. The summed E-state index contributed by atoms with van der Waals surface area (Å²) >= 11 is 0. The van der Waals surface area contributed by atoms with Crippen LogP contribution in [-0.4, -0.2) is 31.1 Å². The molecule has 17 heavy (non-hydrogen) atoms. The Morgan fingerprint density at radius 1 is 1.12 bits per heavy atom. The molecule has 2 rings (SSSR count). The van der Waals surface area contributed by atoms with Crippen molar-refractivity contribution >= 4 is 17.9 Å². The second-order valence-corrected chi connectivity index (χ2v) is 3.59. The smallest absolute Gasteiger partial charge is 0.192 e. The number of carbonyl (C=O) groups excluding carboxylic acids is 3. The van der Waals surface area contributed by atoms with Crippen molar-refractivity contribution in [1.29, 1.82) is 0 Å². The molecule has 86 valence electrons. The molecule has 4 heteroatoms. The average Bonchev–Trinajstić information content (AvgIpc) is 2.36. The molecule has 0 atom stereocenters. The van der Waals surface area contributed by atoms with Crippen LogP contribution in [0.5, 0.6) is 0 Å². The molecule has 0 aliphatic heterocycles. The molecule has 0 unspecified atom stereocenters. The first-order valence-electron chi connectivity index (χ1n) is 5.14. The minimum atomic E-state index is -0.217. The van der Waals surface area contributed by atoms with Crippen molar-refractivity contribution in [2.45, 2.75) is 0 Å². The highest BCUT2D eigenvalue weighted by Gasteiger charge is 2.24. The second-order valence-electron chi connectivity index (χ2n) is 3.59. The Bertz CT molecular complexity index is 514. The second kappa shape index (κ2) is 4.84. The van der Waals surface area contributed by atoms with Crippen LogP contribution < -0.4 is 0 Å². The number of fused-ring (bicyclic) bond motifs is 1. The van der Waals surface area contributed by atoms with Crippen molar-refractivity contribution in [3.05, 3.63) is 47.0 Å². The lowest BCUT2D eigenvalue weighted by atomic mass is 9.90. The number of ether oxygens (including phenoxy) is 1. The molecular formula is C13H10O4. The Kier molecular flexibility index (Phi) is 3.25. The fraction of sp³-hybridized carbons (Fsp3) is 0.154. The zero-order chi connectivity index (χ0) is 12.3. The molecule has 0 saturated heterocycles. The Morgan fingerprint density at radius 2 is 1.82 bits per heavy atom. The van der Waals surface area contributed by atoms with E-state index in [-0.39, 0.29) is 30.4 Å². The van der Waals surface area contributed by atoms with Gasteiger partial charge in [-0.3, -0.25) is 9.59 Å². The lowest BCUT2D eigenvalue weighted by Gasteiger charge is -2.14. The number of allylic oxidation sites excluding steroid dienone is 1. The van der Waals surface area contributed by atoms with Gasteiger partial charge in [-0.1, -0.05) is 24.3 Å². The average molecular weight is 230 g/mol. The number of aldehydes is 1. The molecule has 0 spiro atoms. The third-order valence-corrected chi connectivity index (χ3v) is 2.48. The van der Waals surface area contributed by atoms with Crippen LogP contribution in [0.2, 0.25) is 0 Å². The van der Waals surface area contributed by atoms with Crippen LogP contribution in [0.15, 0.2) is 35.9 Å². The number of benzene rings is 1. The van der Waals surface area contributed by atoms with E-state index in [9.17, 15) is 14.4 Å². The summed E-state index contributed by atoms with van der Waals surface area (Å²) in [5, 5.41) is 0. The van der Waals surface area contributed by atoms with Gasteiger partial charge in [0.2, 0.25) is 0 Å². The van der Waals surface area contributed by atoms with Gasteiger partial charge < -0.3 is 9.53 Å². The summed E-state index contributed by atoms with van der Waals surface area (Å²) in [6.07, 6.45) is 1.87. The van der Waals surface area contributed by atoms with E-state index in [1.165, 1.54) is 6.08 Å². The van der Waals surface area contributed by atoms with Crippen LogP contribution in [0, 0.1) is 0 Å². The van der Waals surface area contributed by atoms with Crippen molar-refractivity contribution in [2.75, 3.05) is 13.2 Å². The summed E-state index contributed by atoms with van der Waals surface area (Å²) in [5.41, 5.74) is 1.09. The fourth-order valence-corrected chi connectivity index (χ4v) is 1.69. The van der Waals surface area contributed by atoms with Crippen molar-refractivity contribution < 1.29 is 19.1 Å². The minimum Gasteiger partial charge on any atom is -0.369 e. The predicted molar refractivity (Wildman–Crippen MR) is 60.1 cm³/mol. The van der Waals surface area contributed by atoms with Crippen molar-refractivity contribution in [2.24, 2.45) is 0 Å². The van der Waals surface area contributed by atoms with Crippen LogP contribution in [0.3, 0.4) is 0 Å². The van der Waals surface area contributed by atoms with Crippen LogP contribution in [0.25, 0.3) is 0 Å². The van der Waals surface area contributed by atoms with Gasteiger partial charge in [0.25, 0.3) is 0 Å². The van der Waals surface area contributed by atoms with Crippen molar-refractivity contribution in [1.82, 2.24) is 0 Å². The Hall–Kier alpha value is -2.07. The lowest BCUT2D eigenvalue weighted by Crippen LogP contribution is -2.20. The number of rotatable bonds is 4. The summed E-state index contributed by atoms with van der Waals surface area (Å²) in [6.45, 7) is -0.0991. The van der Waals surface area contributed by atoms with E-state index in [2.05, 4.69) is 0 Å². The van der Waals surface area contributed by atoms with Crippen LogP contribution in [-0.2, 0) is 9.53 Å². The maximum absolute atomic E-state index is 12.0. The van der Waals surface area contributed by atoms with Gasteiger partial charge in [-0.2, -0.15) is 0 Å². The predicted octanol–water partition coefficient (Wildman–Crippen LogP) is 1.21. The van der Waals surface area contributed by atoms with Gasteiger partial charge in [-0.25, -0.2) is 0 Å². The third kappa shape index (κ3) is 2.21. The highest BCUT2D eigenvalue weighted by atomic mass is 16.5. The summed E-state index contributed by atoms with van der Waals surface area (Å²) in [5.74, 6) is -0.420. The molecule has 1 aromatic carbocycles. The number of hydrogen-bond acceptors (Lipinski definition) is 4. The molecule has 0 fully saturated rings. The van der Waals surface area contributed by atoms with Crippen molar-refractivity contribution in [3.63, 3.8) is 0 Å². The first-order valence-corrected chi connectivity index (χ1v) is 5.14. The zero-order valence-corrected chi connectivity index (χ0v) is 9.01. The van der Waals surface area contributed by atoms with Gasteiger partial charge in [0.05, 0.1) is 6.61 Å². The maximum Gasteiger partial charge on any atom is 0.192 e. The molecule has 0 aromatic heterocycles. The van der Waals surface area contributed by atoms with Gasteiger partial charge in [0, 0.05) is 16.7 Å². The Morgan fingerprint density at radius 3 is 2.53 bits per heavy atom. The molecule has 1 aliphatic rings. The monoisotopic (exact) mass is 230 g/mol. The molecule has 4 nitrogen and oxygen atoms in total. The molecule has 0 bridgehead atoms. The lowest BCUT2D eigenvalue weighted by molar-refractivity contribution is -0.111. The van der Waals surface area contributed by atoms with E-state index in [1.807, 2.05) is 0 Å². The van der Waals surface area contributed by atoms with E-state index in [0.29, 0.717) is 17.4 Å². The Labute approximate surface area is 97.9 Å². The van der Waals surface area contributed by atoms with Gasteiger partial charge in [0.1, 0.15) is 12.9 Å². The first-order chi connectivity index (χ1) is 8.24. The molecule has 0 amide bonds. The normalized spacial score (nSPS) is 14.2. The number of Topliss-reactive ketones (excluding diaryl/α,β-unsaturated/α-hetero) is 1. The molecule has 0 heterocycles. The summed E-state index contributed by atoms with van der Waals surface area (Å²) in [6, 6.07) is 6.66. The highest BCUT2D eigenvalue weighted by Crippen LogP contribution is 2.20. The number of ketones is 2. The van der Waals surface area contributed by atoms with Crippen LogP contribution >= 0.6 is 0 Å². The number of carbonyl (C=O) groups is 3. The number of hydrogen-bond donors (Lipinski definition) is 0. The summed E-state index contributed by atoms with van der Waals surface area (Å²) in [4.78, 5) is 33.8. The minimum absolute atomic E-state index is 0.0162. The molecule has 0 radical (unpaired) electrons. The van der Waals surface area contributed by atoms with Gasteiger partial charge >= 0.3 is 0 Å². The maximum atomic E-state index is 12.0. The van der Waals surface area contributed by atoms with Crippen molar-refractivity contribution in [3.8, 4) is 0 Å². The van der Waals surface area contributed by atoms with Crippen LogP contribution in [0.1, 0.15) is 20.7 Å². The van der Waals surface area contributed by atoms with Gasteiger partial charge in [-0.15, -0.1) is 0 Å². The summed E-state index contributed by atoms with van der Waals surface area (Å²) in [7, 11) is 0. The van der Waals surface area contributed by atoms with E-state index in [0.717, 1.165) is 0 Å². The first kappa shape index (κ1) is 11.4. The van der Waals surface area contributed by atoms with E-state index >= 15 is 0 Å². The van der Waals surface area contributed by atoms with E-state index in [4.69, 9.17) is 4.74 Å². The molecule has 0 N–H and O–H groups in total. The van der Waals surface area contributed by atoms with E-state index in [1.54, 1.807) is 24.3 Å². The molecular weight excluding hydrogens is 220 g/mol. The Balaban J connectivity index is 2.25. The molecule has 1 aromatic rings. The fourth-order valence-electron chi connectivity index (χ4n) is 1.69. The topological polar surface area (TPSA) is 60.4 Å². The quantitative estimate of drug-likeness (QED) is 0.576.